The van der Waals surface area contributed by atoms with Gasteiger partial charge in [-0.05, 0) is 31.5 Å². The summed E-state index contributed by atoms with van der Waals surface area (Å²) in [5, 5.41) is 18.8. The first-order chi connectivity index (χ1) is 6.47. The summed E-state index contributed by atoms with van der Waals surface area (Å²) in [5.41, 5.74) is 5.80. The van der Waals surface area contributed by atoms with Crippen LogP contribution < -0.4 is 5.73 Å². The summed E-state index contributed by atoms with van der Waals surface area (Å²) in [6, 6.07) is 4.32. The normalized spacial score (nSPS) is 14.7. The highest BCUT2D eigenvalue weighted by Gasteiger charge is 2.23. The Morgan fingerprint density at radius 1 is 1.50 bits per heavy atom. The maximum atomic E-state index is 9.57. The highest BCUT2D eigenvalue weighted by molar-refractivity contribution is 5.42. The topological polar surface area (TPSA) is 66.5 Å². The van der Waals surface area contributed by atoms with Gasteiger partial charge in [0.05, 0.1) is 0 Å². The molecule has 0 aliphatic carbocycles. The van der Waals surface area contributed by atoms with Crippen LogP contribution in [0.4, 0.5) is 0 Å². The third kappa shape index (κ3) is 2.06. The van der Waals surface area contributed by atoms with Gasteiger partial charge in [-0.25, -0.2) is 0 Å². The summed E-state index contributed by atoms with van der Waals surface area (Å²) >= 11 is 0. The third-order valence-electron chi connectivity index (χ3n) is 2.16. The van der Waals surface area contributed by atoms with Gasteiger partial charge in [0.25, 0.3) is 0 Å². The van der Waals surface area contributed by atoms with E-state index >= 15 is 0 Å². The van der Waals surface area contributed by atoms with Gasteiger partial charge in [-0.1, -0.05) is 6.08 Å². The van der Waals surface area contributed by atoms with Crippen LogP contribution in [0, 0.1) is 0 Å². The van der Waals surface area contributed by atoms with Gasteiger partial charge < -0.3 is 15.9 Å². The van der Waals surface area contributed by atoms with Crippen molar-refractivity contribution in [1.82, 2.24) is 0 Å². The fourth-order valence-corrected chi connectivity index (χ4v) is 1.39. The first kappa shape index (κ1) is 10.6. The number of nitrogens with two attached hydrogens (primary N) is 1. The van der Waals surface area contributed by atoms with Gasteiger partial charge in [-0.15, -0.1) is 6.58 Å². The van der Waals surface area contributed by atoms with Crippen molar-refractivity contribution in [2.45, 2.75) is 18.9 Å². The Morgan fingerprint density at radius 2 is 2.14 bits per heavy atom. The number of rotatable bonds is 3. The Balaban J connectivity index is 3.16. The Hall–Kier alpha value is -1.48. The molecule has 0 spiro atoms. The molecule has 0 amide bonds. The monoisotopic (exact) mass is 193 g/mol. The van der Waals surface area contributed by atoms with Crippen LogP contribution in [0.1, 0.15) is 18.9 Å². The molecule has 0 bridgehead atoms. The van der Waals surface area contributed by atoms with Gasteiger partial charge in [0.2, 0.25) is 0 Å². The second kappa shape index (κ2) is 3.72. The third-order valence-corrected chi connectivity index (χ3v) is 2.16. The quantitative estimate of drug-likeness (QED) is 0.507. The van der Waals surface area contributed by atoms with E-state index < -0.39 is 5.54 Å². The zero-order valence-electron chi connectivity index (χ0n) is 8.20. The summed E-state index contributed by atoms with van der Waals surface area (Å²) < 4.78 is 0. The number of aromatic hydroxyl groups is 2. The van der Waals surface area contributed by atoms with E-state index in [-0.39, 0.29) is 11.5 Å². The van der Waals surface area contributed by atoms with E-state index in [0.717, 1.165) is 0 Å². The average molecular weight is 193 g/mol. The van der Waals surface area contributed by atoms with Crippen molar-refractivity contribution in [2.75, 3.05) is 0 Å². The molecule has 4 N–H and O–H groups in total. The predicted molar refractivity (Wildman–Crippen MR) is 56.1 cm³/mol. The summed E-state index contributed by atoms with van der Waals surface area (Å²) in [6.07, 6.45) is 2.22. The lowest BCUT2D eigenvalue weighted by Gasteiger charge is -2.24. The molecule has 0 radical (unpaired) electrons. The SMILES string of the molecule is C=CC[C@@](C)(N)c1cc(O)ccc1O. The Kier molecular flexibility index (Phi) is 2.81. The average Bonchev–Trinajstić information content (AvgIpc) is 2.09. The standard InChI is InChI=1S/C11H15NO2/c1-3-6-11(2,12)9-7-8(13)4-5-10(9)14/h3-5,7,13-14H,1,6,12H2,2H3/t11-/m1/s1. The van der Waals surface area contributed by atoms with E-state index in [4.69, 9.17) is 5.73 Å². The zero-order valence-corrected chi connectivity index (χ0v) is 8.20. The van der Waals surface area contributed by atoms with Gasteiger partial charge >= 0.3 is 0 Å². The molecule has 0 aliphatic rings. The maximum Gasteiger partial charge on any atom is 0.120 e. The predicted octanol–water partition coefficient (Wildman–Crippen LogP) is 1.85. The zero-order chi connectivity index (χ0) is 10.8. The number of benzene rings is 1. The van der Waals surface area contributed by atoms with Crippen LogP contribution in [0.25, 0.3) is 0 Å². The van der Waals surface area contributed by atoms with E-state index in [1.165, 1.54) is 18.2 Å². The lowest BCUT2D eigenvalue weighted by Crippen LogP contribution is -2.32. The summed E-state index contributed by atoms with van der Waals surface area (Å²) in [7, 11) is 0. The molecular weight excluding hydrogens is 178 g/mol. The highest BCUT2D eigenvalue weighted by atomic mass is 16.3. The molecule has 0 heterocycles. The van der Waals surface area contributed by atoms with Crippen LogP contribution in [0.2, 0.25) is 0 Å². The molecular formula is C11H15NO2. The first-order valence-electron chi connectivity index (χ1n) is 4.39. The minimum Gasteiger partial charge on any atom is -0.508 e. The van der Waals surface area contributed by atoms with Crippen molar-refractivity contribution in [3.63, 3.8) is 0 Å². The van der Waals surface area contributed by atoms with Crippen LogP contribution in [0.15, 0.2) is 30.9 Å². The lowest BCUT2D eigenvalue weighted by atomic mass is 9.89. The van der Waals surface area contributed by atoms with Crippen LogP contribution in [-0.2, 0) is 5.54 Å². The number of phenolic OH excluding ortho intramolecular Hbond substituents is 2. The summed E-state index contributed by atoms with van der Waals surface area (Å²) in [4.78, 5) is 0. The van der Waals surface area contributed by atoms with E-state index in [1.807, 2.05) is 0 Å². The molecule has 1 aromatic carbocycles. The van der Waals surface area contributed by atoms with E-state index in [2.05, 4.69) is 6.58 Å². The van der Waals surface area contributed by atoms with Crippen molar-refractivity contribution in [2.24, 2.45) is 5.73 Å². The molecule has 0 fully saturated rings. The van der Waals surface area contributed by atoms with Crippen molar-refractivity contribution in [3.05, 3.63) is 36.4 Å². The second-order valence-corrected chi connectivity index (χ2v) is 3.61. The molecule has 14 heavy (non-hydrogen) atoms. The van der Waals surface area contributed by atoms with Crippen LogP contribution >= 0.6 is 0 Å². The fourth-order valence-electron chi connectivity index (χ4n) is 1.39. The van der Waals surface area contributed by atoms with Crippen LogP contribution in [-0.4, -0.2) is 10.2 Å². The number of phenols is 2. The van der Waals surface area contributed by atoms with Crippen molar-refractivity contribution >= 4 is 0 Å². The van der Waals surface area contributed by atoms with Gasteiger partial charge in [-0.2, -0.15) is 0 Å². The minimum absolute atomic E-state index is 0.0923. The molecule has 0 aliphatic heterocycles. The van der Waals surface area contributed by atoms with E-state index in [9.17, 15) is 10.2 Å². The fraction of sp³-hybridized carbons (Fsp3) is 0.273. The highest BCUT2D eigenvalue weighted by Crippen LogP contribution is 2.32. The Morgan fingerprint density at radius 3 is 2.71 bits per heavy atom. The van der Waals surface area contributed by atoms with Gasteiger partial charge in [-0.3, -0.25) is 0 Å². The maximum absolute atomic E-state index is 9.57. The Labute approximate surface area is 83.5 Å². The number of hydrogen-bond donors (Lipinski definition) is 3. The van der Waals surface area contributed by atoms with Gasteiger partial charge in [0.1, 0.15) is 11.5 Å². The van der Waals surface area contributed by atoms with Crippen molar-refractivity contribution < 1.29 is 10.2 Å². The molecule has 3 heteroatoms. The smallest absolute Gasteiger partial charge is 0.120 e. The van der Waals surface area contributed by atoms with Crippen molar-refractivity contribution in [3.8, 4) is 11.5 Å². The summed E-state index contributed by atoms with van der Waals surface area (Å²) in [5.74, 6) is 0.188. The molecule has 0 unspecified atom stereocenters. The van der Waals surface area contributed by atoms with E-state index in [1.54, 1.807) is 13.0 Å². The van der Waals surface area contributed by atoms with Crippen LogP contribution in [0.5, 0.6) is 11.5 Å². The lowest BCUT2D eigenvalue weighted by molar-refractivity contribution is 0.418. The molecule has 76 valence electrons. The molecule has 0 saturated heterocycles. The van der Waals surface area contributed by atoms with Gasteiger partial charge in [0, 0.05) is 11.1 Å². The van der Waals surface area contributed by atoms with Crippen molar-refractivity contribution in [1.29, 1.82) is 0 Å². The molecule has 1 rings (SSSR count). The molecule has 0 aromatic heterocycles. The molecule has 0 saturated carbocycles. The van der Waals surface area contributed by atoms with Crippen LogP contribution in [0.3, 0.4) is 0 Å². The number of hydrogen-bond acceptors (Lipinski definition) is 3. The first-order valence-corrected chi connectivity index (χ1v) is 4.39. The largest absolute Gasteiger partial charge is 0.508 e. The second-order valence-electron chi connectivity index (χ2n) is 3.61. The summed E-state index contributed by atoms with van der Waals surface area (Å²) in [6.45, 7) is 5.38. The molecule has 1 aromatic rings. The van der Waals surface area contributed by atoms with Gasteiger partial charge in [0.15, 0.2) is 0 Å². The molecule has 3 nitrogen and oxygen atoms in total. The minimum atomic E-state index is -0.704. The molecule has 1 atom stereocenters. The Bertz CT molecular complexity index is 345. The van der Waals surface area contributed by atoms with E-state index in [0.29, 0.717) is 12.0 Å².